The molecule has 0 aliphatic carbocycles. The summed E-state index contributed by atoms with van der Waals surface area (Å²) in [4.78, 5) is 12.3. The number of piperidine rings is 1. The molecule has 1 aromatic rings. The van der Waals surface area contributed by atoms with Crippen molar-refractivity contribution in [2.45, 2.75) is 18.9 Å². The van der Waals surface area contributed by atoms with Gasteiger partial charge >= 0.3 is 0 Å². The van der Waals surface area contributed by atoms with E-state index in [-0.39, 0.29) is 5.56 Å². The maximum atomic E-state index is 12.3. The van der Waals surface area contributed by atoms with Crippen LogP contribution in [0.4, 0.5) is 5.69 Å². The second-order valence-corrected chi connectivity index (χ2v) is 5.71. The van der Waals surface area contributed by atoms with Gasteiger partial charge in [-0.2, -0.15) is 0 Å². The number of anilines is 1. The molecule has 0 saturated carbocycles. The molecule has 2 bridgehead atoms. The van der Waals surface area contributed by atoms with E-state index in [0.717, 1.165) is 25.3 Å². The zero-order valence-electron chi connectivity index (χ0n) is 9.79. The second-order valence-electron chi connectivity index (χ2n) is 4.92. The van der Waals surface area contributed by atoms with Crippen molar-refractivity contribution in [2.75, 3.05) is 25.5 Å². The van der Waals surface area contributed by atoms with E-state index in [1.165, 1.54) is 12.1 Å². The van der Waals surface area contributed by atoms with Gasteiger partial charge in [0.2, 0.25) is 0 Å². The summed E-state index contributed by atoms with van der Waals surface area (Å²) in [6.45, 7) is 2.87. The molecule has 2 unspecified atom stereocenters. The Hall–Kier alpha value is -0.810. The standard InChI is InChI=1S/C12H16BrN3O/c1-14-9-3-10-8-2-7(4-15-5-8)6-16(10)12(17)11(9)13/h3,7-8,14-15H,2,4-6H2,1H3. The summed E-state index contributed by atoms with van der Waals surface area (Å²) in [5, 5.41) is 6.53. The third-order valence-corrected chi connectivity index (χ3v) is 4.61. The van der Waals surface area contributed by atoms with Crippen molar-refractivity contribution in [2.24, 2.45) is 5.92 Å². The Balaban J connectivity index is 2.18. The molecule has 1 saturated heterocycles. The molecule has 2 aliphatic rings. The Kier molecular flexibility index (Phi) is 2.75. The third-order valence-electron chi connectivity index (χ3n) is 3.84. The van der Waals surface area contributed by atoms with Crippen molar-refractivity contribution < 1.29 is 0 Å². The molecule has 0 radical (unpaired) electrons. The summed E-state index contributed by atoms with van der Waals surface area (Å²) in [5.41, 5.74) is 2.17. The van der Waals surface area contributed by atoms with E-state index in [9.17, 15) is 4.79 Å². The minimum atomic E-state index is 0.100. The van der Waals surface area contributed by atoms with Crippen molar-refractivity contribution in [3.8, 4) is 0 Å². The number of fused-ring (bicyclic) bond motifs is 4. The highest BCUT2D eigenvalue weighted by atomic mass is 79.9. The molecule has 17 heavy (non-hydrogen) atoms. The number of nitrogens with one attached hydrogen (secondary N) is 2. The smallest absolute Gasteiger partial charge is 0.267 e. The van der Waals surface area contributed by atoms with Crippen LogP contribution in [0.1, 0.15) is 18.0 Å². The number of pyridine rings is 1. The highest BCUT2D eigenvalue weighted by Gasteiger charge is 2.31. The van der Waals surface area contributed by atoms with Gasteiger partial charge in [0.25, 0.3) is 5.56 Å². The van der Waals surface area contributed by atoms with E-state index in [2.05, 4.69) is 32.6 Å². The minimum absolute atomic E-state index is 0.100. The molecule has 92 valence electrons. The van der Waals surface area contributed by atoms with Gasteiger partial charge in [-0.05, 0) is 40.9 Å². The molecule has 0 aromatic carbocycles. The first-order chi connectivity index (χ1) is 8.20. The number of hydrogen-bond donors (Lipinski definition) is 2. The summed E-state index contributed by atoms with van der Waals surface area (Å²) in [5.74, 6) is 1.08. The summed E-state index contributed by atoms with van der Waals surface area (Å²) in [6, 6.07) is 2.11. The minimum Gasteiger partial charge on any atom is -0.387 e. The van der Waals surface area contributed by atoms with Crippen LogP contribution in [0.5, 0.6) is 0 Å². The van der Waals surface area contributed by atoms with Crippen LogP contribution in [-0.2, 0) is 6.54 Å². The lowest BCUT2D eigenvalue weighted by molar-refractivity contribution is 0.257. The summed E-state index contributed by atoms with van der Waals surface area (Å²) in [7, 11) is 1.85. The van der Waals surface area contributed by atoms with Gasteiger partial charge in [0.1, 0.15) is 4.47 Å². The van der Waals surface area contributed by atoms with Gasteiger partial charge in [-0.3, -0.25) is 4.79 Å². The van der Waals surface area contributed by atoms with Gasteiger partial charge in [0.15, 0.2) is 0 Å². The Labute approximate surface area is 109 Å². The number of aromatic nitrogens is 1. The molecule has 2 N–H and O–H groups in total. The Morgan fingerprint density at radius 2 is 2.35 bits per heavy atom. The predicted octanol–water partition coefficient (Wildman–Crippen LogP) is 1.36. The van der Waals surface area contributed by atoms with Crippen LogP contribution in [0.15, 0.2) is 15.3 Å². The van der Waals surface area contributed by atoms with E-state index >= 15 is 0 Å². The lowest BCUT2D eigenvalue weighted by atomic mass is 9.84. The highest BCUT2D eigenvalue weighted by molar-refractivity contribution is 9.10. The summed E-state index contributed by atoms with van der Waals surface area (Å²) < 4.78 is 2.60. The molecular formula is C12H16BrN3O. The van der Waals surface area contributed by atoms with Gasteiger partial charge in [-0.15, -0.1) is 0 Å². The first kappa shape index (κ1) is 11.3. The van der Waals surface area contributed by atoms with Crippen LogP contribution >= 0.6 is 15.9 Å². The van der Waals surface area contributed by atoms with Gasteiger partial charge in [-0.1, -0.05) is 0 Å². The highest BCUT2D eigenvalue weighted by Crippen LogP contribution is 2.34. The summed E-state index contributed by atoms with van der Waals surface area (Å²) in [6.07, 6.45) is 1.21. The fraction of sp³-hybridized carbons (Fsp3) is 0.583. The molecule has 0 amide bonds. The van der Waals surface area contributed by atoms with Gasteiger partial charge in [0.05, 0.1) is 5.69 Å². The van der Waals surface area contributed by atoms with Crippen molar-refractivity contribution in [3.05, 3.63) is 26.6 Å². The van der Waals surface area contributed by atoms with Crippen LogP contribution in [0, 0.1) is 5.92 Å². The Bertz CT molecular complexity index is 511. The SMILES string of the molecule is CNc1cc2n(c(=O)c1Br)CC1CNCC2C1. The topological polar surface area (TPSA) is 46.1 Å². The van der Waals surface area contributed by atoms with E-state index in [1.807, 2.05) is 11.6 Å². The van der Waals surface area contributed by atoms with Gasteiger partial charge in [-0.25, -0.2) is 0 Å². The number of rotatable bonds is 1. The Morgan fingerprint density at radius 3 is 3.12 bits per heavy atom. The normalized spacial score (nSPS) is 26.5. The summed E-state index contributed by atoms with van der Waals surface area (Å²) >= 11 is 3.39. The fourth-order valence-electron chi connectivity index (χ4n) is 3.00. The first-order valence-electron chi connectivity index (χ1n) is 6.02. The number of halogens is 1. The van der Waals surface area contributed by atoms with Gasteiger partial charge < -0.3 is 15.2 Å². The zero-order chi connectivity index (χ0) is 12.0. The largest absolute Gasteiger partial charge is 0.387 e. The molecule has 1 fully saturated rings. The molecule has 3 rings (SSSR count). The molecule has 1 aromatic heterocycles. The maximum absolute atomic E-state index is 12.3. The van der Waals surface area contributed by atoms with Crippen molar-refractivity contribution in [1.29, 1.82) is 0 Å². The lowest BCUT2D eigenvalue weighted by Crippen LogP contribution is -2.45. The van der Waals surface area contributed by atoms with Crippen molar-refractivity contribution in [1.82, 2.24) is 9.88 Å². The molecule has 5 heteroatoms. The van der Waals surface area contributed by atoms with Crippen LogP contribution in [0.25, 0.3) is 0 Å². The van der Waals surface area contributed by atoms with E-state index < -0.39 is 0 Å². The van der Waals surface area contributed by atoms with E-state index in [4.69, 9.17) is 0 Å². The third kappa shape index (κ3) is 1.72. The Morgan fingerprint density at radius 1 is 1.53 bits per heavy atom. The van der Waals surface area contributed by atoms with Crippen molar-refractivity contribution in [3.63, 3.8) is 0 Å². The van der Waals surface area contributed by atoms with E-state index in [1.54, 1.807) is 0 Å². The molecule has 3 heterocycles. The second kappa shape index (κ2) is 4.14. The van der Waals surface area contributed by atoms with Gasteiger partial charge in [0, 0.05) is 31.7 Å². The van der Waals surface area contributed by atoms with Crippen LogP contribution in [0.3, 0.4) is 0 Å². The van der Waals surface area contributed by atoms with Crippen LogP contribution in [0.2, 0.25) is 0 Å². The number of hydrogen-bond acceptors (Lipinski definition) is 3. The molecule has 2 atom stereocenters. The lowest BCUT2D eigenvalue weighted by Gasteiger charge is -2.37. The number of nitrogens with zero attached hydrogens (tertiary/aromatic N) is 1. The molecule has 4 nitrogen and oxygen atoms in total. The quantitative estimate of drug-likeness (QED) is 0.823. The zero-order valence-corrected chi connectivity index (χ0v) is 11.4. The average molecular weight is 298 g/mol. The molecular weight excluding hydrogens is 282 g/mol. The average Bonchev–Trinajstić information content (AvgIpc) is 2.35. The predicted molar refractivity (Wildman–Crippen MR) is 71.7 cm³/mol. The monoisotopic (exact) mass is 297 g/mol. The van der Waals surface area contributed by atoms with Crippen LogP contribution in [-0.4, -0.2) is 24.7 Å². The first-order valence-corrected chi connectivity index (χ1v) is 6.81. The molecule has 0 spiro atoms. The van der Waals surface area contributed by atoms with Crippen LogP contribution < -0.4 is 16.2 Å². The maximum Gasteiger partial charge on any atom is 0.267 e. The van der Waals surface area contributed by atoms with Crippen molar-refractivity contribution >= 4 is 21.6 Å². The van der Waals surface area contributed by atoms with E-state index in [0.29, 0.717) is 16.3 Å². The fourth-order valence-corrected chi connectivity index (χ4v) is 3.53. The molecule has 2 aliphatic heterocycles.